The Labute approximate surface area is 147 Å². The van der Waals surface area contributed by atoms with Crippen molar-refractivity contribution in [2.24, 2.45) is 7.05 Å². The number of aromatic nitrogens is 5. The van der Waals surface area contributed by atoms with Crippen LogP contribution in [0.5, 0.6) is 0 Å². The van der Waals surface area contributed by atoms with E-state index in [0.29, 0.717) is 0 Å². The summed E-state index contributed by atoms with van der Waals surface area (Å²) in [5.74, 6) is 1.83. The van der Waals surface area contributed by atoms with Gasteiger partial charge in [0.15, 0.2) is 5.82 Å². The highest BCUT2D eigenvalue weighted by atomic mass is 15.3. The molecule has 5 heteroatoms. The second-order valence-electron chi connectivity index (χ2n) is 6.69. The van der Waals surface area contributed by atoms with Gasteiger partial charge in [0.2, 0.25) is 0 Å². The summed E-state index contributed by atoms with van der Waals surface area (Å²) in [5.41, 5.74) is 7.95. The van der Waals surface area contributed by atoms with E-state index in [-0.39, 0.29) is 0 Å². The minimum atomic E-state index is 0.834. The maximum atomic E-state index is 4.64. The van der Waals surface area contributed by atoms with Gasteiger partial charge in [-0.1, -0.05) is 17.7 Å². The average molecular weight is 331 g/mol. The zero-order valence-electron chi connectivity index (χ0n) is 15.2. The molecule has 0 saturated heterocycles. The molecular weight excluding hydrogens is 310 g/mol. The minimum absolute atomic E-state index is 0.834. The molecule has 0 fully saturated rings. The number of benzene rings is 2. The molecule has 4 aromatic rings. The van der Waals surface area contributed by atoms with Crippen molar-refractivity contribution in [2.75, 3.05) is 0 Å². The maximum Gasteiger partial charge on any atom is 0.168 e. The zero-order valence-corrected chi connectivity index (χ0v) is 15.2. The van der Waals surface area contributed by atoms with Crippen molar-refractivity contribution in [2.45, 2.75) is 27.7 Å². The molecule has 0 aliphatic rings. The van der Waals surface area contributed by atoms with Crippen LogP contribution in [0.1, 0.15) is 22.5 Å². The van der Waals surface area contributed by atoms with Crippen LogP contribution in [0.2, 0.25) is 0 Å². The molecule has 2 aromatic carbocycles. The van der Waals surface area contributed by atoms with E-state index in [4.69, 9.17) is 0 Å². The second kappa shape index (κ2) is 5.55. The van der Waals surface area contributed by atoms with Crippen LogP contribution in [0.4, 0.5) is 0 Å². The smallest absolute Gasteiger partial charge is 0.168 e. The van der Waals surface area contributed by atoms with Gasteiger partial charge < -0.3 is 4.57 Å². The van der Waals surface area contributed by atoms with E-state index >= 15 is 0 Å². The van der Waals surface area contributed by atoms with E-state index in [1.54, 1.807) is 6.33 Å². The fourth-order valence-electron chi connectivity index (χ4n) is 3.61. The first-order valence-corrected chi connectivity index (χ1v) is 8.37. The van der Waals surface area contributed by atoms with Gasteiger partial charge in [-0.05, 0) is 57.0 Å². The zero-order chi connectivity index (χ0) is 17.7. The Morgan fingerprint density at radius 1 is 0.920 bits per heavy atom. The first-order valence-electron chi connectivity index (χ1n) is 8.37. The SMILES string of the molecule is Cc1cc(C)c(-n2cnnc2-c2ccc3c(c2)nc(C)n3C)c(C)c1. The molecule has 0 amide bonds. The maximum absolute atomic E-state index is 4.64. The number of fused-ring (bicyclic) bond motifs is 1. The molecule has 0 radical (unpaired) electrons. The molecule has 25 heavy (non-hydrogen) atoms. The Morgan fingerprint density at radius 3 is 2.36 bits per heavy atom. The molecule has 2 aromatic heterocycles. The van der Waals surface area contributed by atoms with Crippen LogP contribution in [0, 0.1) is 27.7 Å². The monoisotopic (exact) mass is 331 g/mol. The molecule has 4 rings (SSSR count). The molecule has 0 N–H and O–H groups in total. The van der Waals surface area contributed by atoms with Crippen LogP contribution in [-0.2, 0) is 7.05 Å². The summed E-state index contributed by atoms with van der Waals surface area (Å²) in [6.45, 7) is 8.39. The predicted octanol–water partition coefficient (Wildman–Crippen LogP) is 4.05. The molecule has 0 saturated carbocycles. The summed E-state index contributed by atoms with van der Waals surface area (Å²) in [5, 5.41) is 8.55. The van der Waals surface area contributed by atoms with Gasteiger partial charge in [-0.15, -0.1) is 10.2 Å². The largest absolute Gasteiger partial charge is 0.331 e. The van der Waals surface area contributed by atoms with Crippen LogP contribution in [-0.4, -0.2) is 24.3 Å². The van der Waals surface area contributed by atoms with Crippen molar-refractivity contribution in [3.8, 4) is 17.1 Å². The lowest BCUT2D eigenvalue weighted by Crippen LogP contribution is -2.02. The summed E-state index contributed by atoms with van der Waals surface area (Å²) in [4.78, 5) is 4.64. The number of nitrogens with zero attached hydrogens (tertiary/aromatic N) is 5. The van der Waals surface area contributed by atoms with Gasteiger partial charge in [-0.25, -0.2) is 4.98 Å². The van der Waals surface area contributed by atoms with Gasteiger partial charge in [0.1, 0.15) is 12.2 Å². The molecular formula is C20H21N5. The van der Waals surface area contributed by atoms with Gasteiger partial charge in [-0.3, -0.25) is 4.57 Å². The van der Waals surface area contributed by atoms with Crippen molar-refractivity contribution >= 4 is 11.0 Å². The van der Waals surface area contributed by atoms with Crippen LogP contribution in [0.3, 0.4) is 0 Å². The lowest BCUT2D eigenvalue weighted by Gasteiger charge is -2.14. The summed E-state index contributed by atoms with van der Waals surface area (Å²) in [6, 6.07) is 10.7. The van der Waals surface area contributed by atoms with E-state index in [1.807, 2.05) is 14.0 Å². The van der Waals surface area contributed by atoms with Gasteiger partial charge >= 0.3 is 0 Å². The van der Waals surface area contributed by atoms with E-state index < -0.39 is 0 Å². The average Bonchev–Trinajstić information content (AvgIpc) is 3.12. The molecule has 0 unspecified atom stereocenters. The Hall–Kier alpha value is -2.95. The third-order valence-corrected chi connectivity index (χ3v) is 4.79. The van der Waals surface area contributed by atoms with Crippen LogP contribution < -0.4 is 0 Å². The number of rotatable bonds is 2. The summed E-state index contributed by atoms with van der Waals surface area (Å²) < 4.78 is 4.17. The molecule has 0 aliphatic carbocycles. The molecule has 0 atom stereocenters. The quantitative estimate of drug-likeness (QED) is 0.556. The van der Waals surface area contributed by atoms with Crippen molar-refractivity contribution in [3.63, 3.8) is 0 Å². The van der Waals surface area contributed by atoms with E-state index in [9.17, 15) is 0 Å². The fourth-order valence-corrected chi connectivity index (χ4v) is 3.61. The first kappa shape index (κ1) is 15.6. The topological polar surface area (TPSA) is 48.5 Å². The van der Waals surface area contributed by atoms with E-state index in [2.05, 4.69) is 75.4 Å². The highest BCUT2D eigenvalue weighted by Crippen LogP contribution is 2.28. The first-order chi connectivity index (χ1) is 12.0. The van der Waals surface area contributed by atoms with Gasteiger partial charge in [0, 0.05) is 12.6 Å². The number of hydrogen-bond acceptors (Lipinski definition) is 3. The molecule has 0 spiro atoms. The van der Waals surface area contributed by atoms with E-state index in [1.165, 1.54) is 16.7 Å². The lowest BCUT2D eigenvalue weighted by molar-refractivity contribution is 0.886. The Morgan fingerprint density at radius 2 is 1.64 bits per heavy atom. The van der Waals surface area contributed by atoms with Crippen LogP contribution in [0.25, 0.3) is 28.1 Å². The van der Waals surface area contributed by atoms with Crippen LogP contribution in [0.15, 0.2) is 36.7 Å². The third-order valence-electron chi connectivity index (χ3n) is 4.79. The van der Waals surface area contributed by atoms with Gasteiger partial charge in [0.25, 0.3) is 0 Å². The predicted molar refractivity (Wildman–Crippen MR) is 100 cm³/mol. The standard InChI is InChI=1S/C20H21N5/c1-12-8-13(2)19(14(3)9-12)25-11-21-23-20(25)16-6-7-18-17(10-16)22-15(4)24(18)5/h6-11H,1-5H3. The van der Waals surface area contributed by atoms with Crippen molar-refractivity contribution in [1.82, 2.24) is 24.3 Å². The fraction of sp³-hybridized carbons (Fsp3) is 0.250. The van der Waals surface area contributed by atoms with Crippen molar-refractivity contribution < 1.29 is 0 Å². The van der Waals surface area contributed by atoms with Crippen molar-refractivity contribution in [3.05, 3.63) is 59.2 Å². The van der Waals surface area contributed by atoms with E-state index in [0.717, 1.165) is 33.9 Å². The summed E-state index contributed by atoms with van der Waals surface area (Å²) in [7, 11) is 2.03. The normalized spacial score (nSPS) is 11.4. The third kappa shape index (κ3) is 2.43. The summed E-state index contributed by atoms with van der Waals surface area (Å²) in [6.07, 6.45) is 1.79. The number of aryl methyl sites for hydroxylation is 5. The molecule has 2 heterocycles. The lowest BCUT2D eigenvalue weighted by atomic mass is 10.0. The van der Waals surface area contributed by atoms with Crippen molar-refractivity contribution in [1.29, 1.82) is 0 Å². The minimum Gasteiger partial charge on any atom is -0.331 e. The van der Waals surface area contributed by atoms with Gasteiger partial charge in [-0.2, -0.15) is 0 Å². The highest BCUT2D eigenvalue weighted by Gasteiger charge is 2.15. The number of hydrogen-bond donors (Lipinski definition) is 0. The molecule has 0 aliphatic heterocycles. The highest BCUT2D eigenvalue weighted by molar-refractivity contribution is 5.81. The Balaban J connectivity index is 1.91. The Kier molecular flexibility index (Phi) is 3.46. The molecule has 0 bridgehead atoms. The second-order valence-corrected chi connectivity index (χ2v) is 6.69. The Bertz CT molecular complexity index is 1080. The van der Waals surface area contributed by atoms with Gasteiger partial charge in [0.05, 0.1) is 16.7 Å². The number of imidazole rings is 1. The van der Waals surface area contributed by atoms with Crippen LogP contribution >= 0.6 is 0 Å². The molecule has 126 valence electrons. The summed E-state index contributed by atoms with van der Waals surface area (Å²) >= 11 is 0. The molecule has 5 nitrogen and oxygen atoms in total.